The molecule has 6 aliphatic carbocycles. The lowest BCUT2D eigenvalue weighted by atomic mass is 10.0. The van der Waals surface area contributed by atoms with Gasteiger partial charge in [0, 0.05) is 71.0 Å². The van der Waals surface area contributed by atoms with E-state index in [1.54, 1.807) is 65.0 Å². The Balaban J connectivity index is 0.000000121. The summed E-state index contributed by atoms with van der Waals surface area (Å²) < 4.78 is 217. The normalized spacial score (nSPS) is 16.0. The number of anilines is 2. The number of rotatable bonds is 27. The highest BCUT2D eigenvalue weighted by Gasteiger charge is 2.39. The minimum atomic E-state index is -4.73. The molecule has 0 unspecified atom stereocenters. The van der Waals surface area contributed by atoms with Gasteiger partial charge < -0.3 is 62.7 Å². The summed E-state index contributed by atoms with van der Waals surface area (Å²) in [5, 5.41) is 35.0. The zero-order valence-corrected chi connectivity index (χ0v) is 87.4. The molecule has 6 aliphatic rings. The fourth-order valence-electron chi connectivity index (χ4n) is 20.3. The monoisotopic (exact) mass is 2130 g/mol. The molecular formula is C100H117F3N22O18S5. The minimum absolute atomic E-state index is 0.0147. The van der Waals surface area contributed by atoms with Crippen LogP contribution in [-0.4, -0.2) is 173 Å². The lowest BCUT2D eigenvalue weighted by molar-refractivity contribution is -0.144. The lowest BCUT2D eigenvalue weighted by Crippen LogP contribution is -2.32. The van der Waals surface area contributed by atoms with Crippen molar-refractivity contribution in [2.45, 2.75) is 284 Å². The molecule has 786 valence electrons. The number of benzene rings is 6. The number of methoxy groups -OCH3 is 1. The first-order chi connectivity index (χ1) is 70.5. The summed E-state index contributed by atoms with van der Waals surface area (Å²) in [6.07, 6.45) is 15.8. The van der Waals surface area contributed by atoms with Crippen molar-refractivity contribution in [1.82, 2.24) is 99.2 Å². The molecule has 22 rings (SSSR count). The van der Waals surface area contributed by atoms with Gasteiger partial charge in [-0.2, -0.15) is 13.2 Å². The van der Waals surface area contributed by atoms with Crippen LogP contribution in [-0.2, 0) is 74.1 Å². The van der Waals surface area contributed by atoms with E-state index < -0.39 is 68.2 Å². The Kier molecular flexibility index (Phi) is 30.5. The largest absolute Gasteiger partial charge is 0.453 e. The second kappa shape index (κ2) is 43.0. The number of amides is 1. The zero-order chi connectivity index (χ0) is 105. The number of nitrogens with zero attached hydrogens (tertiary/aromatic N) is 10. The van der Waals surface area contributed by atoms with Crippen LogP contribution in [0, 0.1) is 75.2 Å². The average Bonchev–Trinajstić information content (AvgIpc) is 1.61. The number of sulfonamides is 5. The molecule has 16 aromatic rings. The summed E-state index contributed by atoms with van der Waals surface area (Å²) in [5.41, 5.74) is 14.7. The van der Waals surface area contributed by atoms with E-state index in [1.807, 2.05) is 83.1 Å². The van der Waals surface area contributed by atoms with Crippen LogP contribution in [0.4, 0.5) is 29.9 Å². The van der Waals surface area contributed by atoms with Gasteiger partial charge in [-0.15, -0.1) is 0 Å². The van der Waals surface area contributed by atoms with Gasteiger partial charge in [-0.3, -0.25) is 5.32 Å². The molecule has 48 heteroatoms. The van der Waals surface area contributed by atoms with E-state index in [2.05, 4.69) is 110 Å². The number of H-pyrrole nitrogens is 5. The first-order valence-electron chi connectivity index (χ1n) is 49.3. The van der Waals surface area contributed by atoms with Crippen molar-refractivity contribution >= 4 is 123 Å². The molecule has 0 spiro atoms. The third kappa shape index (κ3) is 23.2. The standard InChI is InChI=1S/C24H26N4O3S.C21H27N5O3S.C19H23N5O5S.C18H19F3N4O3S.C18H22N4O4S/c1-15-23(16(2)31-27-15)18-13-20-24(26-22(25-20)12-17-8-4-3-5-9-17)21(14-18)32(29,30)28-19-10-6-7-11-19;1-12-19(13(2)29-25-12)15-9-17-20(24-21(23-17)22-11-14-7-8-14)18(10-15)30(27,28)26-16-5-3-4-6-16;1-10-16(11(2)29-23-10)12-8-14-17(21-18(20-14)22-19(25)28-3)15(9-12)30(26,27)24-13-6-4-5-7-13;1-9-15(10(2)28-24-9)11-7-13-16(23-17(22-13)18(19,20)21)14(8-11)29(26,27)25-12-5-3-4-6-12;1-10-17(11(2)26-21-10)12-7-14-18(20-16(9-23)19-14)15(8-12)27(24,25)22-13-5-3-4-6-13/h3-5,8-9,13-14,19,28H,6-7,10-12H2,1-2H3,(H,25,26);9-10,14,16,26H,3-8,11H2,1-2H3,(H2,22,23,24);8-9,13,24H,4-7H2,1-3H3,(H2,20,21,22,25);7-8,12,25H,3-6H2,1-2H3,(H,22,23);7-8,13,22-23H,3-6,9H2,1-2H3,(H,19,20). The minimum Gasteiger partial charge on any atom is -0.453 e. The average molecular weight is 2130 g/mol. The third-order valence-electron chi connectivity index (χ3n) is 27.6. The van der Waals surface area contributed by atoms with Crippen LogP contribution in [0.15, 0.2) is 138 Å². The topological polar surface area (TPSA) is 575 Å². The number of hydrogen-bond donors (Lipinski definition) is 13. The van der Waals surface area contributed by atoms with Gasteiger partial charge >= 0.3 is 12.3 Å². The molecule has 6 aromatic carbocycles. The van der Waals surface area contributed by atoms with Gasteiger partial charge in [-0.05, 0) is 246 Å². The summed E-state index contributed by atoms with van der Waals surface area (Å²) in [5.74, 6) is 4.09. The lowest BCUT2D eigenvalue weighted by Gasteiger charge is -2.14. The number of fused-ring (bicyclic) bond motifs is 5. The van der Waals surface area contributed by atoms with Crippen molar-refractivity contribution in [3.05, 3.63) is 171 Å². The van der Waals surface area contributed by atoms with Crippen LogP contribution in [0.3, 0.4) is 0 Å². The van der Waals surface area contributed by atoms with E-state index >= 15 is 0 Å². The predicted molar refractivity (Wildman–Crippen MR) is 546 cm³/mol. The number of aromatic amines is 5. The number of aliphatic hydroxyl groups excluding tert-OH is 1. The highest BCUT2D eigenvalue weighted by atomic mass is 32.2. The number of imidazole rings is 5. The van der Waals surface area contributed by atoms with Crippen molar-refractivity contribution in [3.63, 3.8) is 0 Å². The molecule has 10 aromatic heterocycles. The van der Waals surface area contributed by atoms with Crippen LogP contribution < -0.4 is 34.2 Å². The van der Waals surface area contributed by atoms with E-state index in [1.165, 1.54) is 32.1 Å². The fourth-order valence-corrected chi connectivity index (χ4v) is 27.8. The maximum absolute atomic E-state index is 13.5. The molecule has 0 radical (unpaired) electrons. The Morgan fingerprint density at radius 3 is 0.939 bits per heavy atom. The molecule has 0 atom stereocenters. The van der Waals surface area contributed by atoms with Gasteiger partial charge in [-0.1, -0.05) is 120 Å². The number of carbonyl (C=O) groups is 1. The Bertz CT molecular complexity index is 8160. The van der Waals surface area contributed by atoms with Crippen LogP contribution in [0.1, 0.15) is 222 Å². The SMILES string of the molecule is COC(=O)Nc1nc2c(S(=O)(=O)NC3CCCC3)cc(-c3c(C)noc3C)cc2[nH]1.Cc1noc(C)c1-c1cc(S(=O)(=O)NC2CCCC2)c2nc(C(F)(F)F)[nH]c2c1.Cc1noc(C)c1-c1cc(S(=O)(=O)NC2CCCC2)c2nc(CO)[nH]c2c1.Cc1noc(C)c1-c1cc(S(=O)(=O)NC2CCCC2)c2nc(Cc3ccccc3)[nH]c2c1.Cc1noc(C)c1-c1cc(S(=O)(=O)NC2CCCC2)c2nc(NCC3CC3)[nH]c2c1. The number of carbonyl (C=O) groups excluding carboxylic acids is 1. The molecule has 13 N–H and O–H groups in total. The van der Waals surface area contributed by atoms with Gasteiger partial charge in [-0.25, -0.2) is 95.4 Å². The number of alkyl halides is 3. The van der Waals surface area contributed by atoms with Crippen molar-refractivity contribution in [1.29, 1.82) is 0 Å². The Labute approximate surface area is 851 Å². The Morgan fingerprint density at radius 1 is 0.372 bits per heavy atom. The molecule has 0 bridgehead atoms. The van der Waals surface area contributed by atoms with E-state index in [-0.39, 0.29) is 83.8 Å². The van der Waals surface area contributed by atoms with Gasteiger partial charge in [0.2, 0.25) is 67.8 Å². The van der Waals surface area contributed by atoms with E-state index in [4.69, 9.17) is 27.6 Å². The summed E-state index contributed by atoms with van der Waals surface area (Å²) in [6.45, 7) is 18.4. The second-order valence-electron chi connectivity index (χ2n) is 38.7. The molecule has 0 aliphatic heterocycles. The van der Waals surface area contributed by atoms with E-state index in [0.717, 1.165) is 173 Å². The van der Waals surface area contributed by atoms with Gasteiger partial charge in [0.1, 0.15) is 99.1 Å². The zero-order valence-electron chi connectivity index (χ0n) is 83.3. The highest BCUT2D eigenvalue weighted by molar-refractivity contribution is 7.91. The number of ether oxygens (including phenoxy) is 1. The van der Waals surface area contributed by atoms with Crippen LogP contribution in [0.5, 0.6) is 0 Å². The molecule has 10 heterocycles. The number of halogens is 3. The van der Waals surface area contributed by atoms with Crippen molar-refractivity contribution < 1.29 is 92.5 Å². The van der Waals surface area contributed by atoms with Crippen molar-refractivity contribution in [3.8, 4) is 55.6 Å². The van der Waals surface area contributed by atoms with Gasteiger partial charge in [0.05, 0.1) is 63.2 Å². The van der Waals surface area contributed by atoms with Crippen molar-refractivity contribution in [2.75, 3.05) is 24.3 Å². The number of aryl methyl sites for hydroxylation is 10. The molecular weight excluding hydrogens is 2010 g/mol. The number of aliphatic hydroxyl groups is 1. The Hall–Kier alpha value is -12.9. The van der Waals surface area contributed by atoms with Crippen LogP contribution in [0.2, 0.25) is 0 Å². The second-order valence-corrected chi connectivity index (χ2v) is 47.2. The molecule has 0 saturated heterocycles. The predicted octanol–water partition coefficient (Wildman–Crippen LogP) is 18.4. The number of nitrogens with one attached hydrogen (secondary N) is 12. The quantitative estimate of drug-likeness (QED) is 0.0227. The highest BCUT2D eigenvalue weighted by Crippen LogP contribution is 2.43. The smallest absolute Gasteiger partial charge is 0.449 e. The number of aromatic nitrogens is 15. The van der Waals surface area contributed by atoms with Crippen molar-refractivity contribution in [2.24, 2.45) is 5.92 Å². The molecule has 1 amide bonds. The summed E-state index contributed by atoms with van der Waals surface area (Å²) in [6, 6.07) is 26.3. The maximum atomic E-state index is 13.5. The summed E-state index contributed by atoms with van der Waals surface area (Å²) in [4.78, 5) is 47.9. The molecule has 6 saturated carbocycles. The fraction of sp³-hybridized carbons (Fsp3) is 0.430. The first-order valence-corrected chi connectivity index (χ1v) is 56.7. The summed E-state index contributed by atoms with van der Waals surface area (Å²) in [7, 11) is -18.0. The molecule has 148 heavy (non-hydrogen) atoms. The molecule has 6 fully saturated rings. The van der Waals surface area contributed by atoms with Gasteiger partial charge in [0.15, 0.2) is 0 Å². The number of hydrogen-bond acceptors (Lipinski definition) is 29. The van der Waals surface area contributed by atoms with Crippen LogP contribution >= 0.6 is 0 Å². The third-order valence-corrected chi connectivity index (χ3v) is 35.3. The van der Waals surface area contributed by atoms with E-state index in [0.29, 0.717) is 149 Å². The van der Waals surface area contributed by atoms with Gasteiger partial charge in [0.25, 0.3) is 0 Å². The maximum Gasteiger partial charge on any atom is 0.449 e. The first kappa shape index (κ1) is 105. The molecule has 40 nitrogen and oxygen atoms in total. The van der Waals surface area contributed by atoms with E-state index in [9.17, 15) is 65.2 Å². The Morgan fingerprint density at radius 2 is 0.649 bits per heavy atom. The van der Waals surface area contributed by atoms with Crippen LogP contribution in [0.25, 0.3) is 111 Å². The summed E-state index contributed by atoms with van der Waals surface area (Å²) >= 11 is 0.